The molecule has 2 aromatic rings. The predicted octanol–water partition coefficient (Wildman–Crippen LogP) is 2.86. The van der Waals surface area contributed by atoms with Crippen LogP contribution in [0.3, 0.4) is 0 Å². The Morgan fingerprint density at radius 2 is 2.00 bits per heavy atom. The predicted molar refractivity (Wildman–Crippen MR) is 68.9 cm³/mol. The first-order chi connectivity index (χ1) is 8.15. The molecule has 0 amide bonds. The number of ether oxygens (including phenoxy) is 1. The molecule has 0 aliphatic heterocycles. The normalized spacial score (nSPS) is 10.2. The van der Waals surface area contributed by atoms with Crippen LogP contribution in [0.25, 0.3) is 0 Å². The summed E-state index contributed by atoms with van der Waals surface area (Å²) in [5, 5.41) is 0. The number of nitrogens with two attached hydrogens (primary N) is 1. The van der Waals surface area contributed by atoms with E-state index >= 15 is 0 Å². The smallest absolute Gasteiger partial charge is 0.130 e. The number of nitrogen functional groups attached to an aromatic ring is 1. The Balaban J connectivity index is 2.09. The SMILES string of the molecule is Cc1ccc(C)c(OCc2cc(N)ccn2)c1. The van der Waals surface area contributed by atoms with Crippen molar-refractivity contribution in [2.45, 2.75) is 20.5 Å². The first-order valence-corrected chi connectivity index (χ1v) is 5.55. The molecule has 0 saturated heterocycles. The van der Waals surface area contributed by atoms with Gasteiger partial charge in [0.15, 0.2) is 0 Å². The second-order valence-corrected chi connectivity index (χ2v) is 4.14. The molecule has 2 N–H and O–H groups in total. The highest BCUT2D eigenvalue weighted by molar-refractivity contribution is 5.38. The minimum absolute atomic E-state index is 0.440. The number of aromatic nitrogens is 1. The average Bonchev–Trinajstić information content (AvgIpc) is 2.30. The number of pyridine rings is 1. The first-order valence-electron chi connectivity index (χ1n) is 5.55. The maximum atomic E-state index is 5.74. The van der Waals surface area contributed by atoms with E-state index in [9.17, 15) is 0 Å². The minimum atomic E-state index is 0.440. The van der Waals surface area contributed by atoms with Crippen LogP contribution in [0.4, 0.5) is 5.69 Å². The van der Waals surface area contributed by atoms with Gasteiger partial charge in [0.05, 0.1) is 5.69 Å². The molecule has 1 aromatic carbocycles. The Hall–Kier alpha value is -2.03. The molecule has 0 aliphatic rings. The van der Waals surface area contributed by atoms with E-state index < -0.39 is 0 Å². The Morgan fingerprint density at radius 1 is 1.18 bits per heavy atom. The van der Waals surface area contributed by atoms with E-state index in [1.807, 2.05) is 26.0 Å². The van der Waals surface area contributed by atoms with Crippen molar-refractivity contribution in [1.82, 2.24) is 4.98 Å². The highest BCUT2D eigenvalue weighted by atomic mass is 16.5. The largest absolute Gasteiger partial charge is 0.487 e. The minimum Gasteiger partial charge on any atom is -0.487 e. The summed E-state index contributed by atoms with van der Waals surface area (Å²) in [5.74, 6) is 0.897. The number of hydrogen-bond donors (Lipinski definition) is 1. The van der Waals surface area contributed by atoms with Gasteiger partial charge in [0.25, 0.3) is 0 Å². The number of aryl methyl sites for hydroxylation is 2. The van der Waals surface area contributed by atoms with Crippen molar-refractivity contribution in [2.75, 3.05) is 5.73 Å². The lowest BCUT2D eigenvalue weighted by Gasteiger charge is -2.09. The van der Waals surface area contributed by atoms with Gasteiger partial charge in [-0.25, -0.2) is 0 Å². The van der Waals surface area contributed by atoms with Crippen molar-refractivity contribution in [3.63, 3.8) is 0 Å². The van der Waals surface area contributed by atoms with E-state index in [2.05, 4.69) is 17.1 Å². The van der Waals surface area contributed by atoms with Crippen LogP contribution in [0.2, 0.25) is 0 Å². The van der Waals surface area contributed by atoms with Gasteiger partial charge < -0.3 is 10.5 Å². The van der Waals surface area contributed by atoms with Crippen LogP contribution in [0.15, 0.2) is 36.5 Å². The topological polar surface area (TPSA) is 48.1 Å². The number of nitrogens with zero attached hydrogens (tertiary/aromatic N) is 1. The molecular formula is C14H16N2O. The van der Waals surface area contributed by atoms with Crippen molar-refractivity contribution >= 4 is 5.69 Å². The van der Waals surface area contributed by atoms with Gasteiger partial charge in [0, 0.05) is 11.9 Å². The summed E-state index contributed by atoms with van der Waals surface area (Å²) in [6.45, 7) is 4.52. The lowest BCUT2D eigenvalue weighted by Crippen LogP contribution is -2.00. The number of hydrogen-bond acceptors (Lipinski definition) is 3. The van der Waals surface area contributed by atoms with E-state index in [4.69, 9.17) is 10.5 Å². The number of benzene rings is 1. The molecule has 0 saturated carbocycles. The summed E-state index contributed by atoms with van der Waals surface area (Å²) < 4.78 is 5.74. The second kappa shape index (κ2) is 4.87. The molecule has 0 radical (unpaired) electrons. The van der Waals surface area contributed by atoms with Gasteiger partial charge in [-0.3, -0.25) is 4.98 Å². The third-order valence-corrected chi connectivity index (χ3v) is 2.56. The monoisotopic (exact) mass is 228 g/mol. The molecule has 3 nitrogen and oxygen atoms in total. The van der Waals surface area contributed by atoms with Crippen LogP contribution in [-0.4, -0.2) is 4.98 Å². The third-order valence-electron chi connectivity index (χ3n) is 2.56. The molecule has 0 aliphatic carbocycles. The molecule has 17 heavy (non-hydrogen) atoms. The van der Waals surface area contributed by atoms with E-state index in [1.54, 1.807) is 12.3 Å². The van der Waals surface area contributed by atoms with Crippen LogP contribution in [-0.2, 0) is 6.61 Å². The summed E-state index contributed by atoms with van der Waals surface area (Å²) in [6, 6.07) is 9.74. The van der Waals surface area contributed by atoms with Crippen molar-refractivity contribution in [2.24, 2.45) is 0 Å². The van der Waals surface area contributed by atoms with Gasteiger partial charge in [-0.05, 0) is 43.2 Å². The highest BCUT2D eigenvalue weighted by Crippen LogP contribution is 2.20. The summed E-state index contributed by atoms with van der Waals surface area (Å²) in [7, 11) is 0. The van der Waals surface area contributed by atoms with E-state index in [1.165, 1.54) is 5.56 Å². The van der Waals surface area contributed by atoms with Crippen LogP contribution in [0, 0.1) is 13.8 Å². The maximum Gasteiger partial charge on any atom is 0.130 e. The fourth-order valence-electron chi connectivity index (χ4n) is 1.59. The molecule has 2 rings (SSSR count). The Bertz CT molecular complexity index is 523. The standard InChI is InChI=1S/C14H16N2O/c1-10-3-4-11(2)14(7-10)17-9-13-8-12(15)5-6-16-13/h3-8H,9H2,1-2H3,(H2,15,16). The van der Waals surface area contributed by atoms with Crippen LogP contribution in [0.1, 0.15) is 16.8 Å². The fourth-order valence-corrected chi connectivity index (χ4v) is 1.59. The summed E-state index contributed by atoms with van der Waals surface area (Å²) in [4.78, 5) is 4.20. The molecule has 0 unspecified atom stereocenters. The van der Waals surface area contributed by atoms with Gasteiger partial charge in [-0.15, -0.1) is 0 Å². The zero-order chi connectivity index (χ0) is 12.3. The molecule has 0 spiro atoms. The summed E-state index contributed by atoms with van der Waals surface area (Å²) in [5.41, 5.74) is 9.54. The van der Waals surface area contributed by atoms with E-state index in [-0.39, 0.29) is 0 Å². The molecule has 1 heterocycles. The zero-order valence-electron chi connectivity index (χ0n) is 10.1. The molecule has 0 atom stereocenters. The average molecular weight is 228 g/mol. The van der Waals surface area contributed by atoms with Crippen LogP contribution >= 0.6 is 0 Å². The Morgan fingerprint density at radius 3 is 2.76 bits per heavy atom. The molecule has 1 aromatic heterocycles. The lowest BCUT2D eigenvalue weighted by molar-refractivity contribution is 0.299. The highest BCUT2D eigenvalue weighted by Gasteiger charge is 2.01. The molecule has 0 fully saturated rings. The van der Waals surface area contributed by atoms with Gasteiger partial charge in [0.1, 0.15) is 12.4 Å². The maximum absolute atomic E-state index is 5.74. The van der Waals surface area contributed by atoms with Gasteiger partial charge in [-0.1, -0.05) is 12.1 Å². The Kier molecular flexibility index (Phi) is 3.28. The zero-order valence-corrected chi connectivity index (χ0v) is 10.1. The summed E-state index contributed by atoms with van der Waals surface area (Å²) in [6.07, 6.45) is 1.69. The number of rotatable bonds is 3. The first kappa shape index (κ1) is 11.5. The summed E-state index contributed by atoms with van der Waals surface area (Å²) >= 11 is 0. The fraction of sp³-hybridized carbons (Fsp3) is 0.214. The van der Waals surface area contributed by atoms with E-state index in [0.29, 0.717) is 12.3 Å². The molecule has 88 valence electrons. The van der Waals surface area contributed by atoms with Gasteiger partial charge >= 0.3 is 0 Å². The van der Waals surface area contributed by atoms with Crippen LogP contribution < -0.4 is 10.5 Å². The van der Waals surface area contributed by atoms with Crippen LogP contribution in [0.5, 0.6) is 5.75 Å². The van der Waals surface area contributed by atoms with Crippen molar-refractivity contribution in [3.05, 3.63) is 53.3 Å². The molecular weight excluding hydrogens is 212 g/mol. The van der Waals surface area contributed by atoms with Gasteiger partial charge in [-0.2, -0.15) is 0 Å². The van der Waals surface area contributed by atoms with Crippen molar-refractivity contribution in [3.8, 4) is 5.75 Å². The quantitative estimate of drug-likeness (QED) is 0.878. The van der Waals surface area contributed by atoms with E-state index in [0.717, 1.165) is 17.0 Å². The Labute approximate surface area is 101 Å². The second-order valence-electron chi connectivity index (χ2n) is 4.14. The number of anilines is 1. The molecule has 3 heteroatoms. The van der Waals surface area contributed by atoms with Crippen molar-refractivity contribution in [1.29, 1.82) is 0 Å². The lowest BCUT2D eigenvalue weighted by atomic mass is 10.1. The third kappa shape index (κ3) is 2.97. The van der Waals surface area contributed by atoms with Gasteiger partial charge in [0.2, 0.25) is 0 Å². The van der Waals surface area contributed by atoms with Crippen molar-refractivity contribution < 1.29 is 4.74 Å². The molecule has 0 bridgehead atoms.